The molecule has 0 bridgehead atoms. The van der Waals surface area contributed by atoms with E-state index in [9.17, 15) is 23.1 Å². The minimum atomic E-state index is -5.02. The molecule has 0 aromatic heterocycles. The number of carbonyl (C=O) groups excluding carboxylic acids is 1. The average molecular weight is 663 g/mol. The van der Waals surface area contributed by atoms with Gasteiger partial charge in [-0.05, 0) is 116 Å². The molecule has 0 amide bonds. The largest absolute Gasteiger partial charge is 0.489 e. The second-order valence-electron chi connectivity index (χ2n) is 13.0. The summed E-state index contributed by atoms with van der Waals surface area (Å²) in [5.74, 6) is -3.97. The van der Waals surface area contributed by atoms with Crippen LogP contribution in [0.3, 0.4) is 0 Å². The molecule has 3 unspecified atom stereocenters. The number of aryl methyl sites for hydroxylation is 1. The Kier molecular flexibility index (Phi) is 8.74. The minimum absolute atomic E-state index is 0.0786. The molecule has 0 aliphatic heterocycles. The smallest absolute Gasteiger partial charge is 0.417 e. The number of rotatable bonds is 9. The third-order valence-corrected chi connectivity index (χ3v) is 9.72. The predicted octanol–water partition coefficient (Wildman–Crippen LogP) is 8.45. The predicted molar refractivity (Wildman–Crippen MR) is 160 cm³/mol. The highest BCUT2D eigenvalue weighted by molar-refractivity contribution is 5.80. The molecule has 0 spiro atoms. The first-order valence-electron chi connectivity index (χ1n) is 15.9. The fraction of sp³-hybridized carbons (Fsp3) is 0.472. The van der Waals surface area contributed by atoms with E-state index in [1.807, 2.05) is 19.1 Å². The van der Waals surface area contributed by atoms with Crippen LogP contribution in [0, 0.1) is 29.3 Å². The number of ether oxygens (including phenoxy) is 3. The normalized spacial score (nSPS) is 24.8. The summed E-state index contributed by atoms with van der Waals surface area (Å²) in [6.07, 6.45) is -2.93. The van der Waals surface area contributed by atoms with Crippen LogP contribution in [0.5, 0.6) is 11.5 Å². The summed E-state index contributed by atoms with van der Waals surface area (Å²) in [7, 11) is 0. The van der Waals surface area contributed by atoms with E-state index in [4.69, 9.17) is 14.2 Å². The van der Waals surface area contributed by atoms with Crippen molar-refractivity contribution >= 4 is 5.97 Å². The first-order chi connectivity index (χ1) is 22.2. The van der Waals surface area contributed by atoms with Crippen molar-refractivity contribution in [3.63, 3.8) is 0 Å². The maximum atomic E-state index is 15.2. The Hall–Kier alpha value is -3.73. The zero-order valence-electron chi connectivity index (χ0n) is 26.3. The number of fused-ring (bicyclic) bond motifs is 3. The molecule has 3 aromatic rings. The van der Waals surface area contributed by atoms with Gasteiger partial charge in [0.1, 0.15) is 18.2 Å². The van der Waals surface area contributed by atoms with Gasteiger partial charge in [0, 0.05) is 11.5 Å². The highest BCUT2D eigenvalue weighted by Gasteiger charge is 2.60. The molecule has 3 aromatic carbocycles. The maximum absolute atomic E-state index is 15.2. The molecule has 5 nitrogen and oxygen atoms in total. The number of esters is 1. The number of benzene rings is 3. The lowest BCUT2D eigenvalue weighted by Crippen LogP contribution is -2.35. The van der Waals surface area contributed by atoms with E-state index >= 15 is 13.2 Å². The van der Waals surface area contributed by atoms with Gasteiger partial charge >= 0.3 is 12.1 Å². The summed E-state index contributed by atoms with van der Waals surface area (Å²) >= 11 is 0. The number of alkyl halides is 3. The minimum Gasteiger partial charge on any atom is -0.489 e. The lowest BCUT2D eigenvalue weighted by atomic mass is 9.85. The Bertz CT molecular complexity index is 1670. The third kappa shape index (κ3) is 6.55. The summed E-state index contributed by atoms with van der Waals surface area (Å²) < 4.78 is 104. The van der Waals surface area contributed by atoms with Crippen molar-refractivity contribution in [1.29, 1.82) is 0 Å². The second-order valence-corrected chi connectivity index (χ2v) is 13.0. The molecule has 0 saturated heterocycles. The Morgan fingerprint density at radius 2 is 1.64 bits per heavy atom. The standard InChI is InChI=1S/C36H36F6O5/c1-4-18-10-24-19(11-25-31(24)32(25)34(43)45-5-2)15-30(18)46-17-21-12-23(26(16-27(21)37)36(40,41)42)20-13-28(38)33(29(39)14-20)47-22-6-8-35(3,44)9-7-22/h10,12-16,22,25,31-32,44H,4-9,11,17H2,1-3H3. The molecular weight excluding hydrogens is 626 g/mol. The van der Waals surface area contributed by atoms with E-state index in [0.717, 1.165) is 34.9 Å². The summed E-state index contributed by atoms with van der Waals surface area (Å²) in [4.78, 5) is 12.3. The first kappa shape index (κ1) is 33.2. The van der Waals surface area contributed by atoms with Crippen molar-refractivity contribution in [2.75, 3.05) is 6.61 Å². The molecule has 252 valence electrons. The lowest BCUT2D eigenvalue weighted by Gasteiger charge is -2.33. The van der Waals surface area contributed by atoms with Crippen molar-refractivity contribution in [3.05, 3.63) is 81.7 Å². The van der Waals surface area contributed by atoms with Gasteiger partial charge in [0.2, 0.25) is 0 Å². The van der Waals surface area contributed by atoms with Crippen LogP contribution in [0.4, 0.5) is 26.3 Å². The molecule has 0 heterocycles. The Balaban J connectivity index is 1.25. The monoisotopic (exact) mass is 662 g/mol. The maximum Gasteiger partial charge on any atom is 0.417 e. The Morgan fingerprint density at radius 3 is 2.26 bits per heavy atom. The van der Waals surface area contributed by atoms with Crippen LogP contribution in [0.25, 0.3) is 11.1 Å². The van der Waals surface area contributed by atoms with Gasteiger partial charge in [0.25, 0.3) is 0 Å². The van der Waals surface area contributed by atoms with E-state index in [1.54, 1.807) is 13.8 Å². The number of carbonyl (C=O) groups is 1. The summed E-state index contributed by atoms with van der Waals surface area (Å²) in [5, 5.41) is 10.1. The van der Waals surface area contributed by atoms with Crippen LogP contribution in [-0.4, -0.2) is 29.4 Å². The van der Waals surface area contributed by atoms with E-state index in [2.05, 4.69) is 0 Å². The molecule has 3 aliphatic rings. The second kappa shape index (κ2) is 12.4. The van der Waals surface area contributed by atoms with Crippen molar-refractivity contribution < 1.29 is 50.5 Å². The SMILES string of the molecule is CCOC(=O)C1C2Cc3cc(OCc4cc(-c5cc(F)c(OC6CCC(C)(O)CC6)c(F)c5)c(C(F)(F)F)cc4F)c(CC)cc3C21. The van der Waals surface area contributed by atoms with Crippen LogP contribution in [0.1, 0.15) is 80.2 Å². The van der Waals surface area contributed by atoms with Crippen molar-refractivity contribution in [1.82, 2.24) is 0 Å². The third-order valence-electron chi connectivity index (χ3n) is 9.72. The number of halogens is 6. The number of hydrogen-bond donors (Lipinski definition) is 1. The zero-order chi connectivity index (χ0) is 33.8. The molecule has 11 heteroatoms. The molecule has 3 aliphatic carbocycles. The van der Waals surface area contributed by atoms with E-state index in [0.29, 0.717) is 56.9 Å². The summed E-state index contributed by atoms with van der Waals surface area (Å²) in [5.41, 5.74) is -0.709. The van der Waals surface area contributed by atoms with Gasteiger partial charge in [-0.1, -0.05) is 13.0 Å². The van der Waals surface area contributed by atoms with Gasteiger partial charge in [-0.15, -0.1) is 0 Å². The van der Waals surface area contributed by atoms with Gasteiger partial charge in [-0.2, -0.15) is 13.2 Å². The van der Waals surface area contributed by atoms with Gasteiger partial charge < -0.3 is 19.3 Å². The Morgan fingerprint density at radius 1 is 0.957 bits per heavy atom. The van der Waals surface area contributed by atoms with Crippen LogP contribution >= 0.6 is 0 Å². The van der Waals surface area contributed by atoms with E-state index in [-0.39, 0.29) is 29.3 Å². The highest BCUT2D eigenvalue weighted by Crippen LogP contribution is 2.62. The van der Waals surface area contributed by atoms with Gasteiger partial charge in [0.15, 0.2) is 17.4 Å². The molecule has 2 fully saturated rings. The number of aliphatic hydroxyl groups is 1. The molecule has 0 radical (unpaired) electrons. The van der Waals surface area contributed by atoms with Crippen molar-refractivity contribution in [2.45, 2.75) is 89.7 Å². The molecule has 3 atom stereocenters. The summed E-state index contributed by atoms with van der Waals surface area (Å²) in [6, 6.07) is 6.52. The Labute approximate surface area is 268 Å². The molecule has 1 N–H and O–H groups in total. The molecule has 6 rings (SSSR count). The molecular formula is C36H36F6O5. The van der Waals surface area contributed by atoms with Crippen LogP contribution < -0.4 is 9.47 Å². The van der Waals surface area contributed by atoms with Gasteiger partial charge in [0.05, 0.1) is 29.8 Å². The van der Waals surface area contributed by atoms with Gasteiger partial charge in [-0.3, -0.25) is 4.79 Å². The van der Waals surface area contributed by atoms with Crippen molar-refractivity contribution in [3.8, 4) is 22.6 Å². The first-order valence-corrected chi connectivity index (χ1v) is 15.9. The van der Waals surface area contributed by atoms with Gasteiger partial charge in [-0.25, -0.2) is 13.2 Å². The quantitative estimate of drug-likeness (QED) is 0.184. The fourth-order valence-corrected chi connectivity index (χ4v) is 7.13. The highest BCUT2D eigenvalue weighted by atomic mass is 19.4. The van der Waals surface area contributed by atoms with Crippen molar-refractivity contribution in [2.24, 2.45) is 11.8 Å². The average Bonchev–Trinajstić information content (AvgIpc) is 3.60. The topological polar surface area (TPSA) is 65.0 Å². The molecule has 2 saturated carbocycles. The van der Waals surface area contributed by atoms with Crippen LogP contribution in [0.15, 0.2) is 36.4 Å². The zero-order valence-corrected chi connectivity index (χ0v) is 26.3. The van der Waals surface area contributed by atoms with Crippen LogP contribution in [0.2, 0.25) is 0 Å². The van der Waals surface area contributed by atoms with Crippen LogP contribution in [-0.2, 0) is 35.2 Å². The lowest BCUT2D eigenvalue weighted by molar-refractivity contribution is -0.145. The van der Waals surface area contributed by atoms with E-state index in [1.165, 1.54) is 0 Å². The fourth-order valence-electron chi connectivity index (χ4n) is 7.13. The summed E-state index contributed by atoms with van der Waals surface area (Å²) in [6.45, 7) is 5.21. The molecule has 47 heavy (non-hydrogen) atoms. The van der Waals surface area contributed by atoms with E-state index < -0.39 is 64.4 Å². The number of hydrogen-bond acceptors (Lipinski definition) is 5.